The van der Waals surface area contributed by atoms with Crippen LogP contribution in [0.2, 0.25) is 0 Å². The van der Waals surface area contributed by atoms with E-state index < -0.39 is 35.7 Å². The second kappa shape index (κ2) is 6.99. The van der Waals surface area contributed by atoms with Crippen molar-refractivity contribution in [2.45, 2.75) is 9.79 Å². The van der Waals surface area contributed by atoms with Crippen LogP contribution < -0.4 is 10.6 Å². The summed E-state index contributed by atoms with van der Waals surface area (Å²) < 4.78 is 64.8. The highest BCUT2D eigenvalue weighted by Crippen LogP contribution is 2.35. The van der Waals surface area contributed by atoms with Crippen molar-refractivity contribution in [2.75, 3.05) is 24.7 Å². The summed E-state index contributed by atoms with van der Waals surface area (Å²) >= 11 is 0. The SMILES string of the molecule is CN(C)c1ccc(N=Nc2c(S(=O)(=O)O)cc(N)cc2S(=O)(=O)O)cc1. The van der Waals surface area contributed by atoms with Crippen LogP contribution in [0.4, 0.5) is 22.7 Å². The fourth-order valence-electron chi connectivity index (χ4n) is 2.02. The molecule has 4 N–H and O–H groups in total. The summed E-state index contributed by atoms with van der Waals surface area (Å²) in [5.74, 6) is 0. The number of benzene rings is 2. The minimum absolute atomic E-state index is 0.287. The first-order valence-electron chi connectivity index (χ1n) is 6.97. The summed E-state index contributed by atoms with van der Waals surface area (Å²) in [6.45, 7) is 0. The van der Waals surface area contributed by atoms with E-state index in [2.05, 4.69) is 10.2 Å². The Kier molecular flexibility index (Phi) is 5.32. The van der Waals surface area contributed by atoms with Crippen LogP contribution >= 0.6 is 0 Å². The topological polar surface area (TPSA) is 163 Å². The minimum Gasteiger partial charge on any atom is -0.399 e. The van der Waals surface area contributed by atoms with Crippen LogP contribution in [-0.4, -0.2) is 40.0 Å². The summed E-state index contributed by atoms with van der Waals surface area (Å²) in [6, 6.07) is 8.18. The first-order chi connectivity index (χ1) is 11.9. The van der Waals surface area contributed by atoms with Gasteiger partial charge in [-0.1, -0.05) is 0 Å². The second-order valence-electron chi connectivity index (χ2n) is 5.43. The number of rotatable bonds is 5. The Morgan fingerprint density at radius 3 is 1.73 bits per heavy atom. The second-order valence-corrected chi connectivity index (χ2v) is 8.21. The summed E-state index contributed by atoms with van der Waals surface area (Å²) in [4.78, 5) is 0.0610. The van der Waals surface area contributed by atoms with Crippen molar-refractivity contribution in [3.63, 3.8) is 0 Å². The maximum absolute atomic E-state index is 11.5. The lowest BCUT2D eigenvalue weighted by molar-refractivity contribution is 0.481. The molecule has 12 heteroatoms. The average Bonchev–Trinajstić information content (AvgIpc) is 2.51. The molecule has 0 radical (unpaired) electrons. The van der Waals surface area contributed by atoms with Gasteiger partial charge >= 0.3 is 0 Å². The van der Waals surface area contributed by atoms with E-state index in [-0.39, 0.29) is 11.4 Å². The molecule has 140 valence electrons. The third-order valence-corrected chi connectivity index (χ3v) is 4.98. The lowest BCUT2D eigenvalue weighted by atomic mass is 10.3. The van der Waals surface area contributed by atoms with Gasteiger partial charge in [0.2, 0.25) is 0 Å². The smallest absolute Gasteiger partial charge is 0.296 e. The highest BCUT2D eigenvalue weighted by Gasteiger charge is 2.26. The number of nitrogen functional groups attached to an aromatic ring is 1. The van der Waals surface area contributed by atoms with Gasteiger partial charge in [-0.3, -0.25) is 9.11 Å². The molecule has 2 rings (SSSR count). The molecule has 0 aromatic heterocycles. The lowest BCUT2D eigenvalue weighted by Gasteiger charge is -2.11. The van der Waals surface area contributed by atoms with Crippen LogP contribution in [0.25, 0.3) is 0 Å². The molecule has 0 aliphatic carbocycles. The zero-order valence-electron chi connectivity index (χ0n) is 13.7. The van der Waals surface area contributed by atoms with E-state index in [9.17, 15) is 25.9 Å². The van der Waals surface area contributed by atoms with Crippen LogP contribution in [-0.2, 0) is 20.2 Å². The molecule has 0 saturated carbocycles. The number of hydrogen-bond donors (Lipinski definition) is 3. The molecule has 2 aromatic carbocycles. The quantitative estimate of drug-likeness (QED) is 0.391. The number of hydrogen-bond acceptors (Lipinski definition) is 8. The maximum atomic E-state index is 11.5. The van der Waals surface area contributed by atoms with Gasteiger partial charge < -0.3 is 10.6 Å². The molecule has 0 atom stereocenters. The normalized spacial score (nSPS) is 12.5. The monoisotopic (exact) mass is 400 g/mol. The van der Waals surface area contributed by atoms with Gasteiger partial charge in [-0.25, -0.2) is 0 Å². The molecule has 0 spiro atoms. The van der Waals surface area contributed by atoms with E-state index in [0.717, 1.165) is 17.8 Å². The highest BCUT2D eigenvalue weighted by atomic mass is 32.2. The van der Waals surface area contributed by atoms with Gasteiger partial charge in [0.25, 0.3) is 20.2 Å². The van der Waals surface area contributed by atoms with Gasteiger partial charge in [0.15, 0.2) is 0 Å². The first kappa shape index (κ1) is 19.8. The molecule has 26 heavy (non-hydrogen) atoms. The Hall–Kier alpha value is -2.54. The zero-order valence-corrected chi connectivity index (χ0v) is 15.4. The maximum Gasteiger partial charge on any atom is 0.296 e. The van der Waals surface area contributed by atoms with Crippen molar-refractivity contribution < 1.29 is 25.9 Å². The molecule has 2 aromatic rings. The van der Waals surface area contributed by atoms with Gasteiger partial charge in [-0.2, -0.15) is 21.9 Å². The van der Waals surface area contributed by atoms with E-state index in [1.807, 2.05) is 19.0 Å². The van der Waals surface area contributed by atoms with E-state index in [4.69, 9.17) is 5.73 Å². The Labute approximate surface area is 150 Å². The molecule has 0 fully saturated rings. The van der Waals surface area contributed by atoms with Crippen LogP contribution in [0.3, 0.4) is 0 Å². The molecule has 0 bridgehead atoms. The summed E-state index contributed by atoms with van der Waals surface area (Å²) in [7, 11) is -6.08. The molecule has 0 heterocycles. The standard InChI is InChI=1S/C14H16N4O6S2/c1-18(2)11-5-3-10(4-6-11)16-17-14-12(25(19,20)21)7-9(15)8-13(14)26(22,23)24/h3-8H,15H2,1-2H3,(H,19,20,21)(H,22,23,24). The van der Waals surface area contributed by atoms with Crippen LogP contribution in [0.5, 0.6) is 0 Å². The molecule has 0 unspecified atom stereocenters. The molecular formula is C14H16N4O6S2. The highest BCUT2D eigenvalue weighted by molar-refractivity contribution is 7.87. The summed E-state index contributed by atoms with van der Waals surface area (Å²) in [5.41, 5.74) is 5.55. The molecule has 10 nitrogen and oxygen atoms in total. The molecule has 0 amide bonds. The van der Waals surface area contributed by atoms with Crippen molar-refractivity contribution in [2.24, 2.45) is 10.2 Å². The zero-order chi connectivity index (χ0) is 19.7. The predicted octanol–water partition coefficient (Wildman–Crippen LogP) is 2.24. The van der Waals surface area contributed by atoms with Crippen LogP contribution in [0.1, 0.15) is 0 Å². The lowest BCUT2D eigenvalue weighted by Crippen LogP contribution is -2.07. The van der Waals surface area contributed by atoms with E-state index in [1.165, 1.54) is 0 Å². The van der Waals surface area contributed by atoms with E-state index >= 15 is 0 Å². The number of nitrogens with two attached hydrogens (primary N) is 1. The van der Waals surface area contributed by atoms with Crippen LogP contribution in [0.15, 0.2) is 56.4 Å². The fourth-order valence-corrected chi connectivity index (χ4v) is 3.44. The van der Waals surface area contributed by atoms with Crippen molar-refractivity contribution in [1.29, 1.82) is 0 Å². The third kappa shape index (κ3) is 4.54. The van der Waals surface area contributed by atoms with Gasteiger partial charge in [0, 0.05) is 25.5 Å². The Balaban J connectivity index is 2.63. The molecule has 0 aliphatic rings. The predicted molar refractivity (Wildman–Crippen MR) is 95.4 cm³/mol. The molecule has 0 aliphatic heterocycles. The molecular weight excluding hydrogens is 384 g/mol. The third-order valence-electron chi connectivity index (χ3n) is 3.25. The van der Waals surface area contributed by atoms with Gasteiger partial charge in [0.1, 0.15) is 15.5 Å². The van der Waals surface area contributed by atoms with Gasteiger partial charge in [-0.05, 0) is 36.4 Å². The van der Waals surface area contributed by atoms with Gasteiger partial charge in [0.05, 0.1) is 5.69 Å². The Bertz CT molecular complexity index is 1010. The first-order valence-corrected chi connectivity index (χ1v) is 9.85. The van der Waals surface area contributed by atoms with Gasteiger partial charge in [-0.15, -0.1) is 5.11 Å². The average molecular weight is 400 g/mol. The Morgan fingerprint density at radius 1 is 0.885 bits per heavy atom. The fraction of sp³-hybridized carbons (Fsp3) is 0.143. The number of anilines is 2. The van der Waals surface area contributed by atoms with Crippen LogP contribution in [0, 0.1) is 0 Å². The molecule has 0 saturated heterocycles. The van der Waals surface area contributed by atoms with E-state index in [1.54, 1.807) is 24.3 Å². The van der Waals surface area contributed by atoms with Crippen molar-refractivity contribution in [1.82, 2.24) is 0 Å². The van der Waals surface area contributed by atoms with Crippen molar-refractivity contribution in [3.8, 4) is 0 Å². The largest absolute Gasteiger partial charge is 0.399 e. The summed E-state index contributed by atoms with van der Waals surface area (Å²) in [5, 5.41) is 7.37. The van der Waals surface area contributed by atoms with Crippen molar-refractivity contribution >= 4 is 43.0 Å². The van der Waals surface area contributed by atoms with E-state index in [0.29, 0.717) is 0 Å². The minimum atomic E-state index is -4.88. The number of azo groups is 1. The Morgan fingerprint density at radius 2 is 1.35 bits per heavy atom. The number of nitrogens with zero attached hydrogens (tertiary/aromatic N) is 3. The summed E-state index contributed by atoms with van der Waals surface area (Å²) in [6.07, 6.45) is 0. The van der Waals surface area contributed by atoms with Crippen molar-refractivity contribution in [3.05, 3.63) is 36.4 Å².